The van der Waals surface area contributed by atoms with Gasteiger partial charge in [0.15, 0.2) is 0 Å². The molecule has 0 fully saturated rings. The van der Waals surface area contributed by atoms with Crippen molar-refractivity contribution in [3.8, 4) is 0 Å². The van der Waals surface area contributed by atoms with Crippen LogP contribution in [0.1, 0.15) is 25.8 Å². The van der Waals surface area contributed by atoms with Crippen LogP contribution in [0.2, 0.25) is 0 Å². The first kappa shape index (κ1) is 14.1. The van der Waals surface area contributed by atoms with Crippen LogP contribution >= 0.6 is 0 Å². The minimum absolute atomic E-state index is 0.0351. The Labute approximate surface area is 104 Å². The second-order valence-corrected chi connectivity index (χ2v) is 5.02. The normalized spacial score (nSPS) is 11.8. The maximum absolute atomic E-state index is 12.8. The highest BCUT2D eigenvalue weighted by Gasteiger charge is 2.19. The standard InChI is InChI=1S/C14H23FN2/c1-14(2,11-17-10-4-9-16-3)12-5-7-13(15)8-6-12/h5-8,16-17H,4,9-11H2,1-3H3. The molecule has 0 atom stereocenters. The lowest BCUT2D eigenvalue weighted by atomic mass is 9.84. The molecule has 2 nitrogen and oxygen atoms in total. The van der Waals surface area contributed by atoms with Gasteiger partial charge in [-0.05, 0) is 44.3 Å². The van der Waals surface area contributed by atoms with E-state index in [2.05, 4.69) is 24.5 Å². The molecule has 1 aromatic rings. The summed E-state index contributed by atoms with van der Waals surface area (Å²) in [6.45, 7) is 7.29. The maximum Gasteiger partial charge on any atom is 0.123 e. The van der Waals surface area contributed by atoms with Crippen molar-refractivity contribution >= 4 is 0 Å². The zero-order valence-electron chi connectivity index (χ0n) is 11.0. The van der Waals surface area contributed by atoms with E-state index in [9.17, 15) is 4.39 Å². The number of benzene rings is 1. The Kier molecular flexibility index (Phi) is 5.59. The smallest absolute Gasteiger partial charge is 0.123 e. The minimum atomic E-state index is -0.175. The molecular formula is C14H23FN2. The molecule has 96 valence electrons. The second-order valence-electron chi connectivity index (χ2n) is 5.02. The monoisotopic (exact) mass is 238 g/mol. The number of hydrogen-bond acceptors (Lipinski definition) is 2. The van der Waals surface area contributed by atoms with Gasteiger partial charge in [-0.3, -0.25) is 0 Å². The SMILES string of the molecule is CNCCCNCC(C)(C)c1ccc(F)cc1. The summed E-state index contributed by atoms with van der Waals surface area (Å²) < 4.78 is 12.8. The Bertz CT molecular complexity index is 319. The lowest BCUT2D eigenvalue weighted by molar-refractivity contribution is 0.463. The summed E-state index contributed by atoms with van der Waals surface area (Å²) in [4.78, 5) is 0. The van der Waals surface area contributed by atoms with E-state index in [1.807, 2.05) is 19.2 Å². The van der Waals surface area contributed by atoms with Gasteiger partial charge in [0.1, 0.15) is 5.82 Å². The van der Waals surface area contributed by atoms with Crippen molar-refractivity contribution < 1.29 is 4.39 Å². The van der Waals surface area contributed by atoms with E-state index >= 15 is 0 Å². The Balaban J connectivity index is 2.42. The van der Waals surface area contributed by atoms with Crippen LogP contribution in [-0.2, 0) is 5.41 Å². The summed E-state index contributed by atoms with van der Waals surface area (Å²) in [5, 5.41) is 6.56. The summed E-state index contributed by atoms with van der Waals surface area (Å²) in [7, 11) is 1.96. The van der Waals surface area contributed by atoms with Crippen molar-refractivity contribution in [2.75, 3.05) is 26.7 Å². The van der Waals surface area contributed by atoms with Crippen molar-refractivity contribution in [3.63, 3.8) is 0 Å². The van der Waals surface area contributed by atoms with Crippen molar-refractivity contribution in [1.29, 1.82) is 0 Å². The van der Waals surface area contributed by atoms with Gasteiger partial charge in [-0.2, -0.15) is 0 Å². The van der Waals surface area contributed by atoms with E-state index < -0.39 is 0 Å². The Morgan fingerprint density at radius 2 is 1.76 bits per heavy atom. The maximum atomic E-state index is 12.8. The molecule has 1 rings (SSSR count). The molecule has 1 aromatic carbocycles. The Morgan fingerprint density at radius 3 is 2.35 bits per heavy atom. The molecule has 2 N–H and O–H groups in total. The van der Waals surface area contributed by atoms with E-state index in [0.29, 0.717) is 0 Å². The molecule has 0 aliphatic carbocycles. The lowest BCUT2D eigenvalue weighted by Crippen LogP contribution is -2.34. The summed E-state index contributed by atoms with van der Waals surface area (Å²) >= 11 is 0. The number of hydrogen-bond donors (Lipinski definition) is 2. The van der Waals surface area contributed by atoms with Crippen LogP contribution in [0.3, 0.4) is 0 Å². The van der Waals surface area contributed by atoms with Crippen molar-refractivity contribution in [2.45, 2.75) is 25.7 Å². The topological polar surface area (TPSA) is 24.1 Å². The van der Waals surface area contributed by atoms with Gasteiger partial charge in [0.25, 0.3) is 0 Å². The van der Waals surface area contributed by atoms with Crippen molar-refractivity contribution in [2.24, 2.45) is 0 Å². The van der Waals surface area contributed by atoms with Gasteiger partial charge in [-0.15, -0.1) is 0 Å². The lowest BCUT2D eigenvalue weighted by Gasteiger charge is -2.25. The zero-order valence-corrected chi connectivity index (χ0v) is 11.0. The number of halogens is 1. The minimum Gasteiger partial charge on any atom is -0.320 e. The molecule has 0 aliphatic heterocycles. The molecule has 0 aliphatic rings. The van der Waals surface area contributed by atoms with Gasteiger partial charge in [-0.1, -0.05) is 26.0 Å². The highest BCUT2D eigenvalue weighted by molar-refractivity contribution is 5.24. The summed E-state index contributed by atoms with van der Waals surface area (Å²) in [5.41, 5.74) is 1.20. The first-order valence-corrected chi connectivity index (χ1v) is 6.17. The summed E-state index contributed by atoms with van der Waals surface area (Å²) in [6.07, 6.45) is 1.12. The molecule has 0 amide bonds. The van der Waals surface area contributed by atoms with Crippen molar-refractivity contribution in [1.82, 2.24) is 10.6 Å². The Morgan fingerprint density at radius 1 is 1.12 bits per heavy atom. The second kappa shape index (κ2) is 6.72. The number of nitrogens with one attached hydrogen (secondary N) is 2. The molecule has 0 bridgehead atoms. The molecule has 3 heteroatoms. The third-order valence-electron chi connectivity index (χ3n) is 2.97. The highest BCUT2D eigenvalue weighted by atomic mass is 19.1. The number of rotatable bonds is 7. The van der Waals surface area contributed by atoms with Gasteiger partial charge >= 0.3 is 0 Å². The largest absolute Gasteiger partial charge is 0.320 e. The van der Waals surface area contributed by atoms with E-state index in [0.717, 1.165) is 26.1 Å². The van der Waals surface area contributed by atoms with Crippen molar-refractivity contribution in [3.05, 3.63) is 35.6 Å². The van der Waals surface area contributed by atoms with Crippen LogP contribution in [0.15, 0.2) is 24.3 Å². The zero-order chi connectivity index (χ0) is 12.7. The average Bonchev–Trinajstić information content (AvgIpc) is 2.29. The molecule has 17 heavy (non-hydrogen) atoms. The fourth-order valence-electron chi connectivity index (χ4n) is 1.79. The molecule has 0 spiro atoms. The van der Waals surface area contributed by atoms with Crippen LogP contribution in [0.5, 0.6) is 0 Å². The average molecular weight is 238 g/mol. The molecule has 0 aromatic heterocycles. The summed E-state index contributed by atoms with van der Waals surface area (Å²) in [5.74, 6) is -0.175. The fraction of sp³-hybridized carbons (Fsp3) is 0.571. The first-order chi connectivity index (χ1) is 8.06. The molecule has 0 heterocycles. The highest BCUT2D eigenvalue weighted by Crippen LogP contribution is 2.22. The van der Waals surface area contributed by atoms with Crippen LogP contribution in [-0.4, -0.2) is 26.7 Å². The van der Waals surface area contributed by atoms with E-state index in [1.54, 1.807) is 0 Å². The summed E-state index contributed by atoms with van der Waals surface area (Å²) in [6, 6.07) is 6.78. The predicted molar refractivity (Wildman–Crippen MR) is 70.8 cm³/mol. The van der Waals surface area contributed by atoms with Crippen LogP contribution in [0.4, 0.5) is 4.39 Å². The Hall–Kier alpha value is -0.930. The first-order valence-electron chi connectivity index (χ1n) is 6.17. The third-order valence-corrected chi connectivity index (χ3v) is 2.97. The predicted octanol–water partition coefficient (Wildman–Crippen LogP) is 2.30. The molecule has 0 radical (unpaired) electrons. The quantitative estimate of drug-likeness (QED) is 0.712. The molecule has 0 saturated carbocycles. The van der Waals surface area contributed by atoms with E-state index in [4.69, 9.17) is 0 Å². The van der Waals surface area contributed by atoms with Crippen LogP contribution in [0.25, 0.3) is 0 Å². The fourth-order valence-corrected chi connectivity index (χ4v) is 1.79. The van der Waals surface area contributed by atoms with Gasteiger partial charge in [0.05, 0.1) is 0 Å². The third kappa shape index (κ3) is 4.84. The van der Waals surface area contributed by atoms with Gasteiger partial charge < -0.3 is 10.6 Å². The molecular weight excluding hydrogens is 215 g/mol. The van der Waals surface area contributed by atoms with Gasteiger partial charge in [0, 0.05) is 12.0 Å². The van der Waals surface area contributed by atoms with E-state index in [1.165, 1.54) is 17.7 Å². The molecule has 0 unspecified atom stereocenters. The van der Waals surface area contributed by atoms with Crippen LogP contribution < -0.4 is 10.6 Å². The van der Waals surface area contributed by atoms with Gasteiger partial charge in [0.2, 0.25) is 0 Å². The van der Waals surface area contributed by atoms with Crippen LogP contribution in [0, 0.1) is 5.82 Å². The van der Waals surface area contributed by atoms with Gasteiger partial charge in [-0.25, -0.2) is 4.39 Å². The van der Waals surface area contributed by atoms with E-state index in [-0.39, 0.29) is 11.2 Å². The molecule has 0 saturated heterocycles.